The highest BCUT2D eigenvalue weighted by atomic mass is 32.1. The second-order valence-corrected chi connectivity index (χ2v) is 6.73. The van der Waals surface area contributed by atoms with Gasteiger partial charge in [0.25, 0.3) is 5.91 Å². The van der Waals surface area contributed by atoms with Gasteiger partial charge < -0.3 is 9.15 Å². The van der Waals surface area contributed by atoms with E-state index in [0.29, 0.717) is 17.5 Å². The third-order valence-corrected chi connectivity index (χ3v) is 4.50. The maximum atomic E-state index is 12.1. The number of carbonyl (C=O) groups is 1. The Morgan fingerprint density at radius 3 is 2.79 bits per heavy atom. The number of anilines is 1. The number of methoxy groups -OCH3 is 1. The van der Waals surface area contributed by atoms with Crippen LogP contribution in [0.5, 0.6) is 0 Å². The van der Waals surface area contributed by atoms with Crippen LogP contribution in [-0.2, 0) is 17.8 Å². The predicted octanol–water partition coefficient (Wildman–Crippen LogP) is 4.43. The van der Waals surface area contributed by atoms with Gasteiger partial charge in [0.15, 0.2) is 5.76 Å². The Labute approximate surface area is 146 Å². The maximum Gasteiger partial charge on any atom is 0.293 e. The van der Waals surface area contributed by atoms with Gasteiger partial charge in [0.1, 0.15) is 17.4 Å². The number of nitrogens with zero attached hydrogens (tertiary/aromatic N) is 2. The van der Waals surface area contributed by atoms with E-state index < -0.39 is 0 Å². The SMILES string of the molecule is CCCCCCCCc1nnc(NC(=O)c2ccc(COC)o2)s1. The lowest BCUT2D eigenvalue weighted by Crippen LogP contribution is -2.10. The summed E-state index contributed by atoms with van der Waals surface area (Å²) in [5, 5.41) is 12.3. The minimum absolute atomic E-state index is 0.245. The van der Waals surface area contributed by atoms with Gasteiger partial charge in [-0.3, -0.25) is 10.1 Å². The van der Waals surface area contributed by atoms with Crippen molar-refractivity contribution in [2.45, 2.75) is 58.5 Å². The summed E-state index contributed by atoms with van der Waals surface area (Å²) in [5.74, 6) is 0.540. The number of amides is 1. The first-order valence-electron chi connectivity index (χ1n) is 8.44. The molecule has 0 bridgehead atoms. The van der Waals surface area contributed by atoms with Crippen molar-refractivity contribution in [2.24, 2.45) is 0 Å². The molecule has 0 fully saturated rings. The Kier molecular flexibility index (Phi) is 7.91. The first-order valence-corrected chi connectivity index (χ1v) is 9.26. The highest BCUT2D eigenvalue weighted by Gasteiger charge is 2.14. The number of aromatic nitrogens is 2. The van der Waals surface area contributed by atoms with Crippen LogP contribution in [0.1, 0.15) is 66.8 Å². The monoisotopic (exact) mass is 351 g/mol. The number of hydrogen-bond acceptors (Lipinski definition) is 6. The highest BCUT2D eigenvalue weighted by molar-refractivity contribution is 7.15. The summed E-state index contributed by atoms with van der Waals surface area (Å²) < 4.78 is 10.4. The Morgan fingerprint density at radius 2 is 2.00 bits per heavy atom. The van der Waals surface area contributed by atoms with Crippen LogP contribution in [0.2, 0.25) is 0 Å². The van der Waals surface area contributed by atoms with Gasteiger partial charge in [0, 0.05) is 13.5 Å². The zero-order chi connectivity index (χ0) is 17.2. The fourth-order valence-electron chi connectivity index (χ4n) is 2.34. The van der Waals surface area contributed by atoms with Crippen molar-refractivity contribution in [2.75, 3.05) is 12.4 Å². The quantitative estimate of drug-likeness (QED) is 0.606. The van der Waals surface area contributed by atoms with Gasteiger partial charge in [-0.2, -0.15) is 0 Å². The van der Waals surface area contributed by atoms with Gasteiger partial charge in [-0.25, -0.2) is 0 Å². The van der Waals surface area contributed by atoms with Crippen molar-refractivity contribution in [3.05, 3.63) is 28.7 Å². The van der Waals surface area contributed by atoms with Crippen molar-refractivity contribution < 1.29 is 13.9 Å². The summed E-state index contributed by atoms with van der Waals surface area (Å²) in [6.45, 7) is 2.56. The largest absolute Gasteiger partial charge is 0.453 e. The van der Waals surface area contributed by atoms with Crippen molar-refractivity contribution >= 4 is 22.4 Å². The molecule has 2 aromatic rings. The number of rotatable bonds is 11. The lowest BCUT2D eigenvalue weighted by Gasteiger charge is -1.98. The fourth-order valence-corrected chi connectivity index (χ4v) is 3.12. The Balaban J connectivity index is 1.75. The normalized spacial score (nSPS) is 10.9. The minimum Gasteiger partial charge on any atom is -0.453 e. The lowest BCUT2D eigenvalue weighted by atomic mass is 10.1. The van der Waals surface area contributed by atoms with Gasteiger partial charge in [-0.05, 0) is 18.6 Å². The van der Waals surface area contributed by atoms with Crippen molar-refractivity contribution in [3.63, 3.8) is 0 Å². The number of carbonyl (C=O) groups excluding carboxylic acids is 1. The fraction of sp³-hybridized carbons (Fsp3) is 0.588. The molecule has 0 saturated carbocycles. The molecule has 1 amide bonds. The van der Waals surface area contributed by atoms with Crippen LogP contribution in [0.25, 0.3) is 0 Å². The Hall–Kier alpha value is -1.73. The molecule has 0 aliphatic carbocycles. The van der Waals surface area contributed by atoms with Crippen LogP contribution in [0.3, 0.4) is 0 Å². The molecule has 0 aromatic carbocycles. The van der Waals surface area contributed by atoms with Crippen LogP contribution >= 0.6 is 11.3 Å². The average molecular weight is 351 g/mol. The maximum absolute atomic E-state index is 12.1. The molecule has 0 aliphatic rings. The molecule has 0 aliphatic heterocycles. The van der Waals surface area contributed by atoms with E-state index in [0.717, 1.165) is 17.8 Å². The van der Waals surface area contributed by atoms with Crippen molar-refractivity contribution in [1.29, 1.82) is 0 Å². The molecule has 0 radical (unpaired) electrons. The highest BCUT2D eigenvalue weighted by Crippen LogP contribution is 2.19. The number of nitrogens with one attached hydrogen (secondary N) is 1. The number of furan rings is 1. The van der Waals surface area contributed by atoms with E-state index in [1.54, 1.807) is 19.2 Å². The average Bonchev–Trinajstić information content (AvgIpc) is 3.21. The molecule has 0 unspecified atom stereocenters. The summed E-state index contributed by atoms with van der Waals surface area (Å²) in [6.07, 6.45) is 8.41. The summed E-state index contributed by atoms with van der Waals surface area (Å²) in [4.78, 5) is 12.1. The third kappa shape index (κ3) is 6.05. The van der Waals surface area contributed by atoms with E-state index in [1.807, 2.05) is 0 Å². The molecule has 2 heterocycles. The van der Waals surface area contributed by atoms with Crippen LogP contribution < -0.4 is 5.32 Å². The molecule has 6 nitrogen and oxygen atoms in total. The molecule has 132 valence electrons. The number of ether oxygens (including phenoxy) is 1. The van der Waals surface area contributed by atoms with Gasteiger partial charge >= 0.3 is 0 Å². The van der Waals surface area contributed by atoms with Gasteiger partial charge in [-0.15, -0.1) is 10.2 Å². The van der Waals surface area contributed by atoms with Crippen molar-refractivity contribution in [1.82, 2.24) is 10.2 Å². The summed E-state index contributed by atoms with van der Waals surface area (Å²) >= 11 is 1.42. The standard InChI is InChI=1S/C17H25N3O3S/c1-3-4-5-6-7-8-9-15-19-20-17(24-15)18-16(21)14-11-10-13(23-14)12-22-2/h10-11H,3-9,12H2,1-2H3,(H,18,20,21). The van der Waals surface area contributed by atoms with E-state index in [9.17, 15) is 4.79 Å². The molecule has 0 atom stereocenters. The number of aryl methyl sites for hydroxylation is 1. The zero-order valence-corrected chi connectivity index (χ0v) is 15.2. The molecular weight excluding hydrogens is 326 g/mol. The number of unbranched alkanes of at least 4 members (excludes halogenated alkanes) is 5. The van der Waals surface area contributed by atoms with Gasteiger partial charge in [-0.1, -0.05) is 50.4 Å². The third-order valence-electron chi connectivity index (χ3n) is 3.60. The molecular formula is C17H25N3O3S. The first kappa shape index (κ1) is 18.6. The van der Waals surface area contributed by atoms with E-state index in [1.165, 1.54) is 43.4 Å². The van der Waals surface area contributed by atoms with Crippen LogP contribution in [0.4, 0.5) is 5.13 Å². The van der Waals surface area contributed by atoms with E-state index in [-0.39, 0.29) is 11.7 Å². The van der Waals surface area contributed by atoms with Crippen molar-refractivity contribution in [3.8, 4) is 0 Å². The summed E-state index contributed by atoms with van der Waals surface area (Å²) in [5.41, 5.74) is 0. The smallest absolute Gasteiger partial charge is 0.293 e. The number of hydrogen-bond donors (Lipinski definition) is 1. The van der Waals surface area contributed by atoms with E-state index >= 15 is 0 Å². The molecule has 2 rings (SSSR count). The topological polar surface area (TPSA) is 77.2 Å². The second-order valence-electron chi connectivity index (χ2n) is 5.67. The Morgan fingerprint density at radius 1 is 1.21 bits per heavy atom. The molecule has 24 heavy (non-hydrogen) atoms. The predicted molar refractivity (Wildman–Crippen MR) is 94.4 cm³/mol. The van der Waals surface area contributed by atoms with Gasteiger partial charge in [0.2, 0.25) is 5.13 Å². The minimum atomic E-state index is -0.320. The second kappa shape index (κ2) is 10.2. The molecule has 7 heteroatoms. The van der Waals surface area contributed by atoms with Crippen LogP contribution in [-0.4, -0.2) is 23.2 Å². The summed E-state index contributed by atoms with van der Waals surface area (Å²) in [6, 6.07) is 3.35. The summed E-state index contributed by atoms with van der Waals surface area (Å²) in [7, 11) is 1.58. The molecule has 0 saturated heterocycles. The van der Waals surface area contributed by atoms with E-state index in [4.69, 9.17) is 9.15 Å². The first-order chi connectivity index (χ1) is 11.7. The zero-order valence-electron chi connectivity index (χ0n) is 14.3. The van der Waals surface area contributed by atoms with E-state index in [2.05, 4.69) is 22.4 Å². The lowest BCUT2D eigenvalue weighted by molar-refractivity contribution is 0.0987. The molecule has 0 spiro atoms. The molecule has 1 N–H and O–H groups in total. The Bertz CT molecular complexity index is 624. The molecule has 2 aromatic heterocycles. The van der Waals surface area contributed by atoms with Crippen LogP contribution in [0, 0.1) is 0 Å². The van der Waals surface area contributed by atoms with Gasteiger partial charge in [0.05, 0.1) is 0 Å². The van der Waals surface area contributed by atoms with Crippen LogP contribution in [0.15, 0.2) is 16.5 Å².